The van der Waals surface area contributed by atoms with Crippen molar-refractivity contribution in [2.45, 2.75) is 64.9 Å². The largest absolute Gasteiger partial charge is 0.466 e. The van der Waals surface area contributed by atoms with E-state index >= 15 is 0 Å². The van der Waals surface area contributed by atoms with Crippen molar-refractivity contribution in [2.75, 3.05) is 13.2 Å². The van der Waals surface area contributed by atoms with Crippen LogP contribution >= 0.6 is 0 Å². The molecule has 0 spiro atoms. The van der Waals surface area contributed by atoms with Gasteiger partial charge in [-0.25, -0.2) is 0 Å². The predicted octanol–water partition coefficient (Wildman–Crippen LogP) is 4.12. The molecule has 0 aromatic carbocycles. The van der Waals surface area contributed by atoms with Crippen molar-refractivity contribution < 1.29 is 14.3 Å². The van der Waals surface area contributed by atoms with Gasteiger partial charge in [0.1, 0.15) is 0 Å². The van der Waals surface area contributed by atoms with E-state index in [2.05, 4.69) is 13.5 Å². The molecule has 0 unspecified atom stereocenters. The van der Waals surface area contributed by atoms with Crippen LogP contribution in [0, 0.1) is 17.8 Å². The molecule has 0 aromatic heterocycles. The summed E-state index contributed by atoms with van der Waals surface area (Å²) < 4.78 is 11.2. The fourth-order valence-corrected chi connectivity index (χ4v) is 3.94. The lowest BCUT2D eigenvalue weighted by atomic mass is 9.86. The average Bonchev–Trinajstić information content (AvgIpc) is 3.01. The van der Waals surface area contributed by atoms with Gasteiger partial charge < -0.3 is 9.47 Å². The van der Waals surface area contributed by atoms with Gasteiger partial charge in [0.15, 0.2) is 0 Å². The Bertz CT molecular complexity index is 363. The fourth-order valence-electron chi connectivity index (χ4n) is 3.94. The predicted molar refractivity (Wildman–Crippen MR) is 84.0 cm³/mol. The molecule has 2 fully saturated rings. The number of unbranched alkanes of at least 4 members (excludes halogenated alkanes) is 4. The molecule has 2 aliphatic rings. The summed E-state index contributed by atoms with van der Waals surface area (Å²) in [6.45, 7) is 9.47. The van der Waals surface area contributed by atoms with Crippen molar-refractivity contribution in [3.63, 3.8) is 0 Å². The quantitative estimate of drug-likeness (QED) is 0.384. The minimum absolute atomic E-state index is 0.0208. The highest BCUT2D eigenvalue weighted by Crippen LogP contribution is 2.48. The number of esters is 1. The van der Waals surface area contributed by atoms with Crippen molar-refractivity contribution in [3.05, 3.63) is 12.2 Å². The first-order chi connectivity index (χ1) is 10.2. The monoisotopic (exact) mass is 294 g/mol. The smallest absolute Gasteiger partial charge is 0.309 e. The van der Waals surface area contributed by atoms with Crippen molar-refractivity contribution in [2.24, 2.45) is 17.8 Å². The highest BCUT2D eigenvalue weighted by atomic mass is 16.5. The summed E-state index contributed by atoms with van der Waals surface area (Å²) in [5, 5.41) is 0. The SMILES string of the molecule is C=C1C[C@H](C(=O)OCC)[C@@H]2CO[C@H](CCCCCCC)[C@@H]12. The summed E-state index contributed by atoms with van der Waals surface area (Å²) in [4.78, 5) is 12.1. The van der Waals surface area contributed by atoms with Gasteiger partial charge in [-0.2, -0.15) is 0 Å². The van der Waals surface area contributed by atoms with Crippen molar-refractivity contribution >= 4 is 5.97 Å². The zero-order valence-corrected chi connectivity index (χ0v) is 13.6. The Hall–Kier alpha value is -0.830. The number of fused-ring (bicyclic) bond motifs is 1. The lowest BCUT2D eigenvalue weighted by Gasteiger charge is -2.18. The van der Waals surface area contributed by atoms with E-state index in [1.54, 1.807) is 0 Å². The van der Waals surface area contributed by atoms with Gasteiger partial charge in [-0.15, -0.1) is 0 Å². The van der Waals surface area contributed by atoms with Gasteiger partial charge in [-0.1, -0.05) is 51.2 Å². The normalized spacial score (nSPS) is 31.4. The van der Waals surface area contributed by atoms with Crippen LogP contribution in [0.25, 0.3) is 0 Å². The molecule has 21 heavy (non-hydrogen) atoms. The first-order valence-corrected chi connectivity index (χ1v) is 8.64. The zero-order valence-electron chi connectivity index (χ0n) is 13.6. The lowest BCUT2D eigenvalue weighted by molar-refractivity contribution is -0.149. The van der Waals surface area contributed by atoms with Gasteiger partial charge in [0, 0.05) is 11.8 Å². The molecule has 3 heteroatoms. The van der Waals surface area contributed by atoms with E-state index in [1.165, 1.54) is 37.7 Å². The summed E-state index contributed by atoms with van der Waals surface area (Å²) in [7, 11) is 0. The fraction of sp³-hybridized carbons (Fsp3) is 0.833. The molecule has 1 aliphatic carbocycles. The van der Waals surface area contributed by atoms with Crippen LogP contribution in [0.2, 0.25) is 0 Å². The summed E-state index contributed by atoms with van der Waals surface area (Å²) >= 11 is 0. The van der Waals surface area contributed by atoms with Crippen LogP contribution in [0.3, 0.4) is 0 Å². The van der Waals surface area contributed by atoms with E-state index in [-0.39, 0.29) is 18.0 Å². The van der Waals surface area contributed by atoms with Crippen LogP contribution < -0.4 is 0 Å². The number of carbonyl (C=O) groups is 1. The zero-order chi connectivity index (χ0) is 15.2. The van der Waals surface area contributed by atoms with Gasteiger partial charge in [-0.3, -0.25) is 4.79 Å². The minimum Gasteiger partial charge on any atom is -0.466 e. The molecule has 0 amide bonds. The maximum atomic E-state index is 12.1. The number of hydrogen-bond donors (Lipinski definition) is 0. The highest BCUT2D eigenvalue weighted by molar-refractivity contribution is 5.74. The molecule has 2 rings (SSSR count). The van der Waals surface area contributed by atoms with Crippen LogP contribution in [0.15, 0.2) is 12.2 Å². The van der Waals surface area contributed by atoms with Gasteiger partial charge in [0.25, 0.3) is 0 Å². The maximum absolute atomic E-state index is 12.1. The Morgan fingerprint density at radius 1 is 1.29 bits per heavy atom. The Kier molecular flexibility index (Phi) is 6.28. The van der Waals surface area contributed by atoms with Gasteiger partial charge in [-0.05, 0) is 19.8 Å². The minimum atomic E-state index is -0.0571. The van der Waals surface area contributed by atoms with Crippen molar-refractivity contribution in [3.8, 4) is 0 Å². The molecular formula is C18H30O3. The van der Waals surface area contributed by atoms with Crippen molar-refractivity contribution in [1.82, 2.24) is 0 Å². The van der Waals surface area contributed by atoms with E-state index in [0.29, 0.717) is 25.0 Å². The van der Waals surface area contributed by atoms with E-state index in [0.717, 1.165) is 12.8 Å². The third kappa shape index (κ3) is 3.88. The highest BCUT2D eigenvalue weighted by Gasteiger charge is 2.50. The Labute approximate surface area is 129 Å². The first-order valence-electron chi connectivity index (χ1n) is 8.64. The third-order valence-electron chi connectivity index (χ3n) is 5.02. The summed E-state index contributed by atoms with van der Waals surface area (Å²) in [5.74, 6) is 0.605. The molecule has 1 heterocycles. The number of rotatable bonds is 8. The van der Waals surface area contributed by atoms with E-state index in [1.807, 2.05) is 6.92 Å². The lowest BCUT2D eigenvalue weighted by Crippen LogP contribution is -2.25. The molecule has 0 aromatic rings. The molecule has 1 saturated carbocycles. The number of carbonyl (C=O) groups excluding carboxylic acids is 1. The van der Waals surface area contributed by atoms with E-state index in [9.17, 15) is 4.79 Å². The number of hydrogen-bond acceptors (Lipinski definition) is 3. The van der Waals surface area contributed by atoms with Gasteiger partial charge in [0.2, 0.25) is 0 Å². The van der Waals surface area contributed by atoms with Crippen LogP contribution in [0.5, 0.6) is 0 Å². The molecule has 0 radical (unpaired) electrons. The second-order valence-electron chi connectivity index (χ2n) is 6.49. The Morgan fingerprint density at radius 3 is 2.76 bits per heavy atom. The van der Waals surface area contributed by atoms with Gasteiger partial charge in [0.05, 0.1) is 25.2 Å². The van der Waals surface area contributed by atoms with Crippen molar-refractivity contribution in [1.29, 1.82) is 0 Å². The second-order valence-corrected chi connectivity index (χ2v) is 6.49. The number of ether oxygens (including phenoxy) is 2. The summed E-state index contributed by atoms with van der Waals surface area (Å²) in [5.41, 5.74) is 1.20. The van der Waals surface area contributed by atoms with Crippen LogP contribution in [0.4, 0.5) is 0 Å². The third-order valence-corrected chi connectivity index (χ3v) is 5.02. The molecule has 1 saturated heterocycles. The summed E-state index contributed by atoms with van der Waals surface area (Å²) in [6, 6.07) is 0. The molecule has 0 bridgehead atoms. The Morgan fingerprint density at radius 2 is 2.05 bits per heavy atom. The second kappa shape index (κ2) is 7.98. The molecule has 120 valence electrons. The maximum Gasteiger partial charge on any atom is 0.309 e. The topological polar surface area (TPSA) is 35.5 Å². The summed E-state index contributed by atoms with van der Waals surface area (Å²) in [6.07, 6.45) is 8.64. The Balaban J connectivity index is 1.83. The van der Waals surface area contributed by atoms with Crippen LogP contribution in [-0.4, -0.2) is 25.3 Å². The van der Waals surface area contributed by atoms with E-state index < -0.39 is 0 Å². The van der Waals surface area contributed by atoms with Crippen LogP contribution in [-0.2, 0) is 14.3 Å². The average molecular weight is 294 g/mol. The molecule has 1 aliphatic heterocycles. The standard InChI is InChI=1S/C18H30O3/c1-4-6-7-8-9-10-16-17-13(3)11-14(15(17)12-21-16)18(19)20-5-2/h14-17H,3-12H2,1-2H3/t14-,15-,16+,17-/m0/s1. The molecule has 0 N–H and O–H groups in total. The molecule has 3 nitrogen and oxygen atoms in total. The first kappa shape index (κ1) is 16.5. The van der Waals surface area contributed by atoms with E-state index in [4.69, 9.17) is 9.47 Å². The molecular weight excluding hydrogens is 264 g/mol. The van der Waals surface area contributed by atoms with Gasteiger partial charge >= 0.3 is 5.97 Å². The molecule has 4 atom stereocenters. The van der Waals surface area contributed by atoms with Crippen LogP contribution in [0.1, 0.15) is 58.8 Å².